The molecule has 2 saturated heterocycles. The predicted molar refractivity (Wildman–Crippen MR) is 181 cm³/mol. The highest BCUT2D eigenvalue weighted by atomic mass is 32.2. The number of benzene rings is 2. The Morgan fingerprint density at radius 2 is 1.64 bits per heavy atom. The SMILES string of the molecule is CCN(CC)S(=O)(=O)c1cc([N+](=O)[O-])ccc1N/N=C/c1cc(C)n(-c2cc(S(=O)(=O)N3CCOCC3)ccc2N2CCCC2)c1C. The van der Waals surface area contributed by atoms with Gasteiger partial charge in [0, 0.05) is 68.4 Å². The molecule has 3 heterocycles. The molecule has 254 valence electrons. The lowest BCUT2D eigenvalue weighted by molar-refractivity contribution is -0.385. The largest absolute Gasteiger partial charge is 0.379 e. The van der Waals surface area contributed by atoms with Gasteiger partial charge in [-0.25, -0.2) is 16.8 Å². The van der Waals surface area contributed by atoms with Gasteiger partial charge in [0.25, 0.3) is 5.69 Å². The van der Waals surface area contributed by atoms with Crippen molar-refractivity contribution in [1.82, 2.24) is 13.2 Å². The Kier molecular flexibility index (Phi) is 10.4. The van der Waals surface area contributed by atoms with E-state index in [0.717, 1.165) is 60.3 Å². The number of nitro benzene ring substituents is 1. The Morgan fingerprint density at radius 1 is 0.957 bits per heavy atom. The molecule has 0 amide bonds. The number of hydrogen-bond donors (Lipinski definition) is 1. The third-order valence-corrected chi connectivity index (χ3v) is 12.6. The van der Waals surface area contributed by atoms with Crippen LogP contribution in [0.3, 0.4) is 0 Å². The van der Waals surface area contributed by atoms with Crippen LogP contribution in [0.2, 0.25) is 0 Å². The Morgan fingerprint density at radius 3 is 2.28 bits per heavy atom. The highest BCUT2D eigenvalue weighted by Gasteiger charge is 2.30. The summed E-state index contributed by atoms with van der Waals surface area (Å²) < 4.78 is 64.1. The molecule has 47 heavy (non-hydrogen) atoms. The van der Waals surface area contributed by atoms with Crippen molar-refractivity contribution in [2.75, 3.05) is 62.8 Å². The van der Waals surface area contributed by atoms with Crippen LogP contribution in [0.5, 0.6) is 0 Å². The van der Waals surface area contributed by atoms with Crippen LogP contribution in [0.1, 0.15) is 43.6 Å². The van der Waals surface area contributed by atoms with Gasteiger partial charge in [-0.05, 0) is 57.0 Å². The second-order valence-electron chi connectivity index (χ2n) is 11.4. The minimum absolute atomic E-state index is 0.102. The summed E-state index contributed by atoms with van der Waals surface area (Å²) in [6.07, 6.45) is 3.65. The lowest BCUT2D eigenvalue weighted by Crippen LogP contribution is -2.40. The standard InChI is InChI=1S/C31H41N7O7S2/c1-5-35(6-2)47(43,44)31-20-26(38(39)40)9-11-28(31)33-32-22-25-19-23(3)37(24(25)4)30-21-27(10-12-29(30)34-13-7-8-14-34)46(41,42)36-15-17-45-18-16-36/h9-12,19-22,33H,5-8,13-18H2,1-4H3/b32-22+. The van der Waals surface area contributed by atoms with Crippen molar-refractivity contribution >= 4 is 43.3 Å². The summed E-state index contributed by atoms with van der Waals surface area (Å²) in [5.41, 5.74) is 6.59. The molecule has 0 saturated carbocycles. The average molecular weight is 688 g/mol. The van der Waals surface area contributed by atoms with Crippen LogP contribution >= 0.6 is 0 Å². The summed E-state index contributed by atoms with van der Waals surface area (Å²) >= 11 is 0. The fraction of sp³-hybridized carbons (Fsp3) is 0.452. The van der Waals surface area contributed by atoms with Crippen LogP contribution in [-0.4, -0.2) is 93.6 Å². The fourth-order valence-electron chi connectivity index (χ4n) is 6.10. The number of non-ortho nitro benzene ring substituents is 1. The van der Waals surface area contributed by atoms with Gasteiger partial charge in [0.15, 0.2) is 0 Å². The molecule has 1 N–H and O–H groups in total. The number of nitro groups is 1. The van der Waals surface area contributed by atoms with Gasteiger partial charge >= 0.3 is 0 Å². The third kappa shape index (κ3) is 6.92. The minimum Gasteiger partial charge on any atom is -0.379 e. The summed E-state index contributed by atoms with van der Waals surface area (Å²) in [7, 11) is -7.78. The third-order valence-electron chi connectivity index (χ3n) is 8.60. The number of hydrazone groups is 1. The zero-order chi connectivity index (χ0) is 33.9. The van der Waals surface area contributed by atoms with Crippen molar-refractivity contribution in [1.29, 1.82) is 0 Å². The smallest absolute Gasteiger partial charge is 0.270 e. The number of sulfonamides is 2. The highest BCUT2D eigenvalue weighted by Crippen LogP contribution is 2.34. The van der Waals surface area contributed by atoms with Gasteiger partial charge < -0.3 is 14.2 Å². The molecule has 16 heteroatoms. The van der Waals surface area contributed by atoms with Gasteiger partial charge in [-0.2, -0.15) is 13.7 Å². The molecule has 2 fully saturated rings. The van der Waals surface area contributed by atoms with Crippen LogP contribution in [0, 0.1) is 24.0 Å². The summed E-state index contributed by atoms with van der Waals surface area (Å²) in [5.74, 6) is 0. The molecular weight excluding hydrogens is 647 g/mol. The van der Waals surface area contributed by atoms with Gasteiger partial charge in [-0.1, -0.05) is 13.8 Å². The first-order chi connectivity index (χ1) is 22.4. The number of ether oxygens (including phenoxy) is 1. The number of anilines is 2. The molecule has 0 aliphatic carbocycles. The number of nitrogens with one attached hydrogen (secondary N) is 1. The second-order valence-corrected chi connectivity index (χ2v) is 15.3. The lowest BCUT2D eigenvalue weighted by Gasteiger charge is -2.28. The van der Waals surface area contributed by atoms with Gasteiger partial charge in [-0.15, -0.1) is 0 Å². The Balaban J connectivity index is 1.52. The summed E-state index contributed by atoms with van der Waals surface area (Å²) in [6, 6.07) is 10.8. The first-order valence-electron chi connectivity index (χ1n) is 15.6. The molecule has 0 spiro atoms. The number of rotatable bonds is 12. The second kappa shape index (κ2) is 14.1. The Labute approximate surface area is 275 Å². The van der Waals surface area contributed by atoms with E-state index in [1.165, 1.54) is 20.7 Å². The maximum atomic E-state index is 13.6. The van der Waals surface area contributed by atoms with E-state index < -0.39 is 25.0 Å². The number of aryl methyl sites for hydroxylation is 1. The van der Waals surface area contributed by atoms with Crippen molar-refractivity contribution in [2.45, 2.75) is 50.3 Å². The van der Waals surface area contributed by atoms with E-state index in [2.05, 4.69) is 15.4 Å². The van der Waals surface area contributed by atoms with Crippen LogP contribution < -0.4 is 10.3 Å². The van der Waals surface area contributed by atoms with Crippen molar-refractivity contribution in [3.05, 3.63) is 69.5 Å². The molecular formula is C31H41N7O7S2. The molecule has 2 aliphatic rings. The maximum Gasteiger partial charge on any atom is 0.270 e. The maximum absolute atomic E-state index is 13.6. The first kappa shape index (κ1) is 34.5. The monoisotopic (exact) mass is 687 g/mol. The molecule has 0 bridgehead atoms. The summed E-state index contributed by atoms with van der Waals surface area (Å²) in [5, 5.41) is 15.8. The van der Waals surface area contributed by atoms with E-state index in [0.29, 0.717) is 26.3 Å². The molecule has 0 radical (unpaired) electrons. The Bertz CT molecular complexity index is 1880. The normalized spacial score (nSPS) is 16.4. The molecule has 2 aromatic carbocycles. The number of hydrogen-bond acceptors (Lipinski definition) is 10. The molecule has 0 unspecified atom stereocenters. The predicted octanol–water partition coefficient (Wildman–Crippen LogP) is 4.10. The van der Waals surface area contributed by atoms with E-state index in [1.807, 2.05) is 30.5 Å². The first-order valence-corrected chi connectivity index (χ1v) is 18.5. The van der Waals surface area contributed by atoms with Gasteiger partial charge in [0.05, 0.1) is 46.3 Å². The van der Waals surface area contributed by atoms with E-state index in [4.69, 9.17) is 4.74 Å². The number of aromatic nitrogens is 1. The van der Waals surface area contributed by atoms with Crippen molar-refractivity contribution < 1.29 is 26.5 Å². The zero-order valence-corrected chi connectivity index (χ0v) is 28.7. The minimum atomic E-state index is -4.04. The van der Waals surface area contributed by atoms with E-state index in [1.54, 1.807) is 32.2 Å². The summed E-state index contributed by atoms with van der Waals surface area (Å²) in [4.78, 5) is 13.0. The van der Waals surface area contributed by atoms with Crippen LogP contribution in [0.15, 0.2) is 57.4 Å². The molecule has 5 rings (SSSR count). The number of morpholine rings is 1. The topological polar surface area (TPSA) is 160 Å². The van der Waals surface area contributed by atoms with Crippen molar-refractivity contribution in [3.8, 4) is 5.69 Å². The summed E-state index contributed by atoms with van der Waals surface area (Å²) in [6.45, 7) is 10.7. The van der Waals surface area contributed by atoms with Gasteiger partial charge in [0.1, 0.15) is 4.90 Å². The van der Waals surface area contributed by atoms with Crippen LogP contribution in [0.25, 0.3) is 5.69 Å². The Hall–Kier alpha value is -3.83. The van der Waals surface area contributed by atoms with Crippen molar-refractivity contribution in [2.24, 2.45) is 5.10 Å². The molecule has 2 aliphatic heterocycles. The van der Waals surface area contributed by atoms with Gasteiger partial charge in [-0.3, -0.25) is 15.5 Å². The van der Waals surface area contributed by atoms with Crippen LogP contribution in [0.4, 0.5) is 17.1 Å². The fourth-order valence-corrected chi connectivity index (χ4v) is 9.15. The quantitative estimate of drug-likeness (QED) is 0.168. The molecule has 0 atom stereocenters. The molecule has 3 aromatic rings. The lowest BCUT2D eigenvalue weighted by atomic mass is 10.2. The number of nitrogens with zero attached hydrogens (tertiary/aromatic N) is 6. The highest BCUT2D eigenvalue weighted by molar-refractivity contribution is 7.89. The zero-order valence-electron chi connectivity index (χ0n) is 27.0. The van der Waals surface area contributed by atoms with E-state index >= 15 is 0 Å². The van der Waals surface area contributed by atoms with Crippen molar-refractivity contribution in [3.63, 3.8) is 0 Å². The molecule has 1 aromatic heterocycles. The average Bonchev–Trinajstić information content (AvgIpc) is 3.69. The van der Waals surface area contributed by atoms with Gasteiger partial charge in [0.2, 0.25) is 20.0 Å². The van der Waals surface area contributed by atoms with Crippen LogP contribution in [-0.2, 0) is 24.8 Å². The van der Waals surface area contributed by atoms with E-state index in [9.17, 15) is 26.9 Å². The molecule has 14 nitrogen and oxygen atoms in total. The van der Waals surface area contributed by atoms with E-state index in [-0.39, 0.29) is 34.3 Å².